The van der Waals surface area contributed by atoms with Crippen molar-refractivity contribution in [3.05, 3.63) is 24.3 Å². The molecule has 6 heteroatoms. The number of hydrogen-bond donors (Lipinski definition) is 1. The first-order valence-electron chi connectivity index (χ1n) is 5.97. The largest absolute Gasteiger partial charge is 0.367 e. The summed E-state index contributed by atoms with van der Waals surface area (Å²) in [7, 11) is 0.816. The highest BCUT2D eigenvalue weighted by Gasteiger charge is 2.22. The van der Waals surface area contributed by atoms with E-state index in [9.17, 15) is 8.42 Å². The van der Waals surface area contributed by atoms with Crippen molar-refractivity contribution >= 4 is 21.4 Å². The van der Waals surface area contributed by atoms with Crippen LogP contribution in [0.2, 0.25) is 0 Å². The van der Waals surface area contributed by atoms with E-state index in [-0.39, 0.29) is 5.75 Å². The molecule has 100 valence electrons. The Labute approximate surface area is 108 Å². The van der Waals surface area contributed by atoms with Gasteiger partial charge in [0.2, 0.25) is 10.0 Å². The molecule has 1 N–H and O–H groups in total. The van der Waals surface area contributed by atoms with Crippen LogP contribution in [0.5, 0.6) is 0 Å². The van der Waals surface area contributed by atoms with E-state index in [0.29, 0.717) is 12.2 Å². The second-order valence-corrected chi connectivity index (χ2v) is 6.57. The lowest BCUT2D eigenvalue weighted by molar-refractivity contribution is 0.414. The summed E-state index contributed by atoms with van der Waals surface area (Å²) in [5.41, 5.74) is 1.63. The van der Waals surface area contributed by atoms with E-state index in [2.05, 4.69) is 14.5 Å². The molecule has 1 aliphatic rings. The number of para-hydroxylation sites is 2. The van der Waals surface area contributed by atoms with Crippen LogP contribution in [0.4, 0.5) is 11.4 Å². The quantitative estimate of drug-likeness (QED) is 0.882. The number of nitrogens with one attached hydrogen (secondary N) is 1. The molecule has 0 unspecified atom stereocenters. The molecule has 2 rings (SSSR count). The predicted octanol–water partition coefficient (Wildman–Crippen LogP) is 0.810. The van der Waals surface area contributed by atoms with Crippen molar-refractivity contribution in [2.75, 3.05) is 49.1 Å². The molecule has 1 aromatic carbocycles. The second-order valence-electron chi connectivity index (χ2n) is 4.73. The summed E-state index contributed by atoms with van der Waals surface area (Å²) in [6.07, 6.45) is 0. The van der Waals surface area contributed by atoms with Crippen molar-refractivity contribution in [1.29, 1.82) is 0 Å². The molecule has 5 nitrogen and oxygen atoms in total. The third-order valence-corrected chi connectivity index (χ3v) is 4.21. The highest BCUT2D eigenvalue weighted by atomic mass is 32.2. The van der Waals surface area contributed by atoms with Crippen LogP contribution in [0.3, 0.4) is 0 Å². The highest BCUT2D eigenvalue weighted by molar-refractivity contribution is 7.92. The number of likely N-dealkylation sites (N-methyl/N-ethyl adjacent to an activating group) is 1. The minimum Gasteiger partial charge on any atom is -0.367 e. The summed E-state index contributed by atoms with van der Waals surface area (Å²) in [6.45, 7) is 2.25. The molecule has 0 aliphatic carbocycles. The Hall–Kier alpha value is -1.27. The number of nitrogens with zero attached hydrogens (tertiary/aromatic N) is 2. The van der Waals surface area contributed by atoms with Gasteiger partial charge in [-0.25, -0.2) is 8.42 Å². The normalized spacial score (nSPS) is 18.1. The summed E-state index contributed by atoms with van der Waals surface area (Å²) in [5, 5.41) is 0. The third-order valence-electron chi connectivity index (χ3n) is 2.96. The average Bonchev–Trinajstić information content (AvgIpc) is 2.42. The van der Waals surface area contributed by atoms with Crippen LogP contribution in [0.15, 0.2) is 24.3 Å². The molecule has 0 fully saturated rings. The fourth-order valence-corrected chi connectivity index (χ4v) is 3.03. The van der Waals surface area contributed by atoms with E-state index in [1.807, 2.05) is 32.3 Å². The lowest BCUT2D eigenvalue weighted by Gasteiger charge is -2.25. The second kappa shape index (κ2) is 5.16. The first-order chi connectivity index (χ1) is 8.48. The molecule has 0 atom stereocenters. The summed E-state index contributed by atoms with van der Waals surface area (Å²) in [5.74, 6) is 0.134. The maximum absolute atomic E-state index is 11.8. The number of benzene rings is 1. The van der Waals surface area contributed by atoms with Crippen LogP contribution >= 0.6 is 0 Å². The molecule has 0 saturated carbocycles. The van der Waals surface area contributed by atoms with Gasteiger partial charge in [0.25, 0.3) is 0 Å². The van der Waals surface area contributed by atoms with Crippen LogP contribution in [0, 0.1) is 0 Å². The molecule has 0 bridgehead atoms. The average molecular weight is 269 g/mol. The Morgan fingerprint density at radius 2 is 2.06 bits per heavy atom. The van der Waals surface area contributed by atoms with Crippen LogP contribution in [-0.4, -0.2) is 52.8 Å². The van der Waals surface area contributed by atoms with Gasteiger partial charge >= 0.3 is 0 Å². The van der Waals surface area contributed by atoms with Crippen molar-refractivity contribution in [1.82, 2.24) is 4.90 Å². The minimum absolute atomic E-state index is 0.134. The number of anilines is 2. The van der Waals surface area contributed by atoms with Gasteiger partial charge in [0.05, 0.1) is 17.1 Å². The molecule has 0 spiro atoms. The molecule has 1 heterocycles. The summed E-state index contributed by atoms with van der Waals surface area (Å²) in [6, 6.07) is 7.54. The van der Waals surface area contributed by atoms with Crippen molar-refractivity contribution in [2.45, 2.75) is 0 Å². The lowest BCUT2D eigenvalue weighted by atomic mass is 10.2. The van der Waals surface area contributed by atoms with Crippen LogP contribution < -0.4 is 9.62 Å². The first-order valence-corrected chi connectivity index (χ1v) is 7.62. The SMILES string of the molecule is CN(C)CCN1CCS(=O)(=O)Nc2ccccc21. The Morgan fingerprint density at radius 3 is 2.78 bits per heavy atom. The molecular weight excluding hydrogens is 250 g/mol. The molecule has 1 aromatic rings. The predicted molar refractivity (Wildman–Crippen MR) is 74.6 cm³/mol. The molecule has 0 aromatic heterocycles. The highest BCUT2D eigenvalue weighted by Crippen LogP contribution is 2.28. The molecule has 0 saturated heterocycles. The van der Waals surface area contributed by atoms with E-state index in [1.54, 1.807) is 6.07 Å². The third kappa shape index (κ3) is 3.14. The maximum Gasteiger partial charge on any atom is 0.234 e. The van der Waals surface area contributed by atoms with E-state index >= 15 is 0 Å². The Morgan fingerprint density at radius 1 is 1.33 bits per heavy atom. The molecule has 1 aliphatic heterocycles. The summed E-state index contributed by atoms with van der Waals surface area (Å²) in [4.78, 5) is 4.21. The molecule has 0 radical (unpaired) electrons. The zero-order valence-electron chi connectivity index (χ0n) is 10.8. The van der Waals surface area contributed by atoms with E-state index in [1.165, 1.54) is 0 Å². The van der Waals surface area contributed by atoms with Gasteiger partial charge in [-0.15, -0.1) is 0 Å². The first kappa shape index (κ1) is 13.2. The Balaban J connectivity index is 2.27. The fraction of sp³-hybridized carbons (Fsp3) is 0.500. The molecule has 0 amide bonds. The van der Waals surface area contributed by atoms with Gasteiger partial charge in [-0.2, -0.15) is 0 Å². The van der Waals surface area contributed by atoms with Gasteiger partial charge in [0.15, 0.2) is 0 Å². The zero-order chi connectivity index (χ0) is 13.2. The van der Waals surface area contributed by atoms with Crippen molar-refractivity contribution < 1.29 is 8.42 Å². The van der Waals surface area contributed by atoms with Gasteiger partial charge in [-0.3, -0.25) is 4.72 Å². The zero-order valence-corrected chi connectivity index (χ0v) is 11.6. The van der Waals surface area contributed by atoms with Gasteiger partial charge in [-0.05, 0) is 26.2 Å². The van der Waals surface area contributed by atoms with Gasteiger partial charge in [0.1, 0.15) is 0 Å². The van der Waals surface area contributed by atoms with Crippen molar-refractivity contribution in [3.63, 3.8) is 0 Å². The van der Waals surface area contributed by atoms with Crippen LogP contribution in [0.25, 0.3) is 0 Å². The van der Waals surface area contributed by atoms with Crippen molar-refractivity contribution in [3.8, 4) is 0 Å². The number of sulfonamides is 1. The maximum atomic E-state index is 11.8. The standard InChI is InChI=1S/C12H19N3O2S/c1-14(2)7-8-15-9-10-18(16,17)13-11-5-3-4-6-12(11)15/h3-6,13H,7-10H2,1-2H3. The monoisotopic (exact) mass is 269 g/mol. The van der Waals surface area contributed by atoms with E-state index in [0.717, 1.165) is 18.8 Å². The van der Waals surface area contributed by atoms with Crippen LogP contribution in [-0.2, 0) is 10.0 Å². The van der Waals surface area contributed by atoms with Gasteiger partial charge in [-0.1, -0.05) is 12.1 Å². The topological polar surface area (TPSA) is 52.7 Å². The minimum atomic E-state index is -3.21. The van der Waals surface area contributed by atoms with E-state index in [4.69, 9.17) is 0 Å². The summed E-state index contributed by atoms with van der Waals surface area (Å²) < 4.78 is 26.2. The number of hydrogen-bond acceptors (Lipinski definition) is 4. The number of fused-ring (bicyclic) bond motifs is 1. The smallest absolute Gasteiger partial charge is 0.234 e. The fourth-order valence-electron chi connectivity index (χ4n) is 1.96. The number of rotatable bonds is 3. The molecule has 18 heavy (non-hydrogen) atoms. The summed E-state index contributed by atoms with van der Waals surface area (Å²) >= 11 is 0. The lowest BCUT2D eigenvalue weighted by Crippen LogP contribution is -2.34. The van der Waals surface area contributed by atoms with Crippen molar-refractivity contribution in [2.24, 2.45) is 0 Å². The Bertz CT molecular complexity index is 514. The van der Waals surface area contributed by atoms with Gasteiger partial charge < -0.3 is 9.80 Å². The van der Waals surface area contributed by atoms with Gasteiger partial charge in [0, 0.05) is 19.6 Å². The Kier molecular flexibility index (Phi) is 3.77. The van der Waals surface area contributed by atoms with E-state index < -0.39 is 10.0 Å². The molecular formula is C12H19N3O2S. The van der Waals surface area contributed by atoms with Crippen LogP contribution in [0.1, 0.15) is 0 Å².